The SMILES string of the molecule is COCC(=O)N[C@@H]1C[C@H](COc2ccccc2)C[C@H]1C(=O)N1CCC(N2CCCCC2)CC1. The topological polar surface area (TPSA) is 71.1 Å². The van der Waals surface area contributed by atoms with Crippen molar-refractivity contribution in [3.63, 3.8) is 0 Å². The van der Waals surface area contributed by atoms with Crippen LogP contribution >= 0.6 is 0 Å². The highest BCUT2D eigenvalue weighted by molar-refractivity contribution is 5.82. The first-order valence-corrected chi connectivity index (χ1v) is 12.6. The lowest BCUT2D eigenvalue weighted by Gasteiger charge is -2.41. The number of carbonyl (C=O) groups is 2. The van der Waals surface area contributed by atoms with E-state index in [1.807, 2.05) is 35.2 Å². The third kappa shape index (κ3) is 6.48. The number of ether oxygens (including phenoxy) is 2. The Balaban J connectivity index is 1.34. The highest BCUT2D eigenvalue weighted by Gasteiger charge is 2.42. The molecule has 0 bridgehead atoms. The number of methoxy groups -OCH3 is 1. The number of hydrogen-bond donors (Lipinski definition) is 1. The van der Waals surface area contributed by atoms with Crippen molar-refractivity contribution in [3.8, 4) is 5.75 Å². The molecule has 7 nitrogen and oxygen atoms in total. The Kier molecular flexibility index (Phi) is 8.62. The Morgan fingerprint density at radius 2 is 1.73 bits per heavy atom. The largest absolute Gasteiger partial charge is 0.493 e. The van der Waals surface area contributed by atoms with Gasteiger partial charge in [0.1, 0.15) is 12.4 Å². The normalized spacial score (nSPS) is 26.8. The number of rotatable bonds is 8. The van der Waals surface area contributed by atoms with E-state index in [1.54, 1.807) is 0 Å². The van der Waals surface area contributed by atoms with Crippen molar-refractivity contribution in [3.05, 3.63) is 30.3 Å². The zero-order valence-corrected chi connectivity index (χ0v) is 19.9. The predicted octanol–water partition coefficient (Wildman–Crippen LogP) is 2.70. The number of carbonyl (C=O) groups excluding carboxylic acids is 2. The maximum atomic E-state index is 13.5. The van der Waals surface area contributed by atoms with Crippen molar-refractivity contribution in [1.82, 2.24) is 15.1 Å². The third-order valence-corrected chi connectivity index (χ3v) is 7.51. The quantitative estimate of drug-likeness (QED) is 0.650. The number of piperidine rings is 2. The van der Waals surface area contributed by atoms with Crippen LogP contribution in [-0.2, 0) is 14.3 Å². The molecular formula is C26H39N3O4. The van der Waals surface area contributed by atoms with Gasteiger partial charge in [-0.05, 0) is 69.7 Å². The highest BCUT2D eigenvalue weighted by Crippen LogP contribution is 2.34. The Bertz CT molecular complexity index is 760. The van der Waals surface area contributed by atoms with Crippen LogP contribution in [-0.4, -0.2) is 80.2 Å². The second-order valence-corrected chi connectivity index (χ2v) is 9.83. The molecule has 1 aromatic rings. The van der Waals surface area contributed by atoms with E-state index in [0.717, 1.165) is 44.5 Å². The molecule has 2 amide bonds. The standard InChI is InChI=1S/C26H39N3O4/c1-32-19-25(30)27-24-17-20(18-33-22-8-4-2-5-9-22)16-23(24)26(31)29-14-10-21(11-15-29)28-12-6-3-7-13-28/h2,4-5,8-9,20-21,23-24H,3,6-7,10-19H2,1H3,(H,27,30)/t20-,23-,24-/m1/s1. The summed E-state index contributed by atoms with van der Waals surface area (Å²) < 4.78 is 11.0. The minimum absolute atomic E-state index is 0.0177. The van der Waals surface area contributed by atoms with Crippen molar-refractivity contribution in [1.29, 1.82) is 0 Å². The van der Waals surface area contributed by atoms with Crippen LogP contribution in [0, 0.1) is 11.8 Å². The average Bonchev–Trinajstić information content (AvgIpc) is 3.26. The van der Waals surface area contributed by atoms with Crippen molar-refractivity contribution in [2.24, 2.45) is 11.8 Å². The molecule has 2 saturated heterocycles. The molecule has 0 aromatic heterocycles. The van der Waals surface area contributed by atoms with Crippen LogP contribution in [0.4, 0.5) is 0 Å². The summed E-state index contributed by atoms with van der Waals surface area (Å²) in [5, 5.41) is 3.06. The molecule has 1 aliphatic carbocycles. The van der Waals surface area contributed by atoms with E-state index in [4.69, 9.17) is 9.47 Å². The maximum absolute atomic E-state index is 13.5. The summed E-state index contributed by atoms with van der Waals surface area (Å²) in [6.07, 6.45) is 7.56. The number of amides is 2. The van der Waals surface area contributed by atoms with E-state index in [1.165, 1.54) is 39.5 Å². The number of hydrogen-bond acceptors (Lipinski definition) is 5. The van der Waals surface area contributed by atoms with Gasteiger partial charge in [0.2, 0.25) is 11.8 Å². The zero-order valence-electron chi connectivity index (χ0n) is 19.9. The molecule has 182 valence electrons. The van der Waals surface area contributed by atoms with Crippen molar-refractivity contribution < 1.29 is 19.1 Å². The van der Waals surface area contributed by atoms with Gasteiger partial charge < -0.3 is 24.6 Å². The van der Waals surface area contributed by atoms with Gasteiger partial charge in [0, 0.05) is 32.3 Å². The lowest BCUT2D eigenvalue weighted by atomic mass is 9.96. The van der Waals surface area contributed by atoms with E-state index in [2.05, 4.69) is 10.2 Å². The van der Waals surface area contributed by atoms with Gasteiger partial charge in [0.05, 0.1) is 12.5 Å². The summed E-state index contributed by atoms with van der Waals surface area (Å²) in [5.41, 5.74) is 0. The first-order valence-electron chi connectivity index (χ1n) is 12.6. The summed E-state index contributed by atoms with van der Waals surface area (Å²) in [7, 11) is 1.51. The molecule has 4 rings (SSSR count). The smallest absolute Gasteiger partial charge is 0.246 e. The predicted molar refractivity (Wildman–Crippen MR) is 127 cm³/mol. The molecular weight excluding hydrogens is 418 g/mol. The van der Waals surface area contributed by atoms with Crippen molar-refractivity contribution in [2.45, 2.75) is 57.0 Å². The van der Waals surface area contributed by atoms with Crippen LogP contribution in [0.25, 0.3) is 0 Å². The van der Waals surface area contributed by atoms with Gasteiger partial charge >= 0.3 is 0 Å². The Labute approximate surface area is 197 Å². The van der Waals surface area contributed by atoms with Crippen molar-refractivity contribution >= 4 is 11.8 Å². The number of para-hydroxylation sites is 1. The van der Waals surface area contributed by atoms with Crippen molar-refractivity contribution in [2.75, 3.05) is 46.5 Å². The first kappa shape index (κ1) is 24.0. The summed E-state index contributed by atoms with van der Waals surface area (Å²) in [5.74, 6) is 0.914. The number of benzene rings is 1. The van der Waals surface area contributed by atoms with Gasteiger partial charge in [0.25, 0.3) is 0 Å². The molecule has 2 aliphatic heterocycles. The molecule has 7 heteroatoms. The zero-order chi connectivity index (χ0) is 23.0. The second-order valence-electron chi connectivity index (χ2n) is 9.83. The van der Waals surface area contributed by atoms with Crippen LogP contribution in [0.15, 0.2) is 30.3 Å². The van der Waals surface area contributed by atoms with Gasteiger partial charge in [-0.25, -0.2) is 0 Å². The van der Waals surface area contributed by atoms with Gasteiger partial charge in [-0.3, -0.25) is 9.59 Å². The van der Waals surface area contributed by atoms with Gasteiger partial charge in [-0.1, -0.05) is 24.6 Å². The lowest BCUT2D eigenvalue weighted by molar-refractivity contribution is -0.138. The number of nitrogens with zero attached hydrogens (tertiary/aromatic N) is 2. The molecule has 1 saturated carbocycles. The number of likely N-dealkylation sites (tertiary alicyclic amines) is 2. The van der Waals surface area contributed by atoms with Gasteiger partial charge in [-0.2, -0.15) is 0 Å². The molecule has 3 fully saturated rings. The monoisotopic (exact) mass is 457 g/mol. The van der Waals surface area contributed by atoms with E-state index in [-0.39, 0.29) is 36.3 Å². The maximum Gasteiger partial charge on any atom is 0.246 e. The van der Waals surface area contributed by atoms with E-state index in [9.17, 15) is 9.59 Å². The fourth-order valence-corrected chi connectivity index (χ4v) is 5.79. The van der Waals surface area contributed by atoms with E-state index in [0.29, 0.717) is 12.6 Å². The van der Waals surface area contributed by atoms with Gasteiger partial charge in [0.15, 0.2) is 0 Å². The lowest BCUT2D eigenvalue weighted by Crippen LogP contribution is -2.51. The van der Waals surface area contributed by atoms with Crippen LogP contribution in [0.5, 0.6) is 5.75 Å². The molecule has 2 heterocycles. The Hall–Kier alpha value is -2.12. The fraction of sp³-hybridized carbons (Fsp3) is 0.692. The second kappa shape index (κ2) is 11.8. The molecule has 0 unspecified atom stereocenters. The Morgan fingerprint density at radius 3 is 2.42 bits per heavy atom. The highest BCUT2D eigenvalue weighted by atomic mass is 16.5. The molecule has 33 heavy (non-hydrogen) atoms. The van der Waals surface area contributed by atoms with Crippen LogP contribution in [0.2, 0.25) is 0 Å². The Morgan fingerprint density at radius 1 is 1.00 bits per heavy atom. The molecule has 1 aromatic carbocycles. The minimum Gasteiger partial charge on any atom is -0.493 e. The van der Waals surface area contributed by atoms with Crippen LogP contribution < -0.4 is 10.1 Å². The first-order chi connectivity index (χ1) is 16.1. The average molecular weight is 458 g/mol. The molecule has 1 N–H and O–H groups in total. The van der Waals surface area contributed by atoms with Gasteiger partial charge in [-0.15, -0.1) is 0 Å². The third-order valence-electron chi connectivity index (χ3n) is 7.51. The fourth-order valence-electron chi connectivity index (χ4n) is 5.79. The molecule has 3 aliphatic rings. The molecule has 0 radical (unpaired) electrons. The van der Waals surface area contributed by atoms with E-state index >= 15 is 0 Å². The summed E-state index contributed by atoms with van der Waals surface area (Å²) >= 11 is 0. The van der Waals surface area contributed by atoms with Crippen LogP contribution in [0.3, 0.4) is 0 Å². The molecule has 0 spiro atoms. The minimum atomic E-state index is -0.193. The van der Waals surface area contributed by atoms with Crippen LogP contribution in [0.1, 0.15) is 44.9 Å². The van der Waals surface area contributed by atoms with E-state index < -0.39 is 0 Å². The summed E-state index contributed by atoms with van der Waals surface area (Å²) in [6.45, 7) is 4.63. The molecule has 3 atom stereocenters. The number of nitrogens with one attached hydrogen (secondary N) is 1. The summed E-state index contributed by atoms with van der Waals surface area (Å²) in [4.78, 5) is 30.5. The summed E-state index contributed by atoms with van der Waals surface area (Å²) in [6, 6.07) is 10.2.